The minimum Gasteiger partial charge on any atom is -0.485 e. The van der Waals surface area contributed by atoms with Crippen molar-refractivity contribution in [2.75, 3.05) is 5.32 Å². The maximum Gasteiger partial charge on any atom is 0.291 e. The van der Waals surface area contributed by atoms with Gasteiger partial charge in [-0.3, -0.25) is 4.79 Å². The fraction of sp³-hybridized carbons (Fsp3) is 0.111. The minimum atomic E-state index is -0.322. The molecule has 1 N–H and O–H groups in total. The van der Waals surface area contributed by atoms with Gasteiger partial charge >= 0.3 is 0 Å². The number of carbonyl (C=O) groups excluding carboxylic acids is 1. The Labute approximate surface area is 206 Å². The first kappa shape index (κ1) is 22.2. The molecule has 1 amide bonds. The molecule has 0 fully saturated rings. The highest BCUT2D eigenvalue weighted by molar-refractivity contribution is 7.21. The smallest absolute Gasteiger partial charge is 0.291 e. The molecular formula is C27H21ClN2O3S. The molecule has 0 saturated carbocycles. The molecule has 0 atom stereocenters. The van der Waals surface area contributed by atoms with E-state index in [9.17, 15) is 4.79 Å². The molecule has 7 heteroatoms. The van der Waals surface area contributed by atoms with Crippen molar-refractivity contribution < 1.29 is 13.9 Å². The van der Waals surface area contributed by atoms with E-state index < -0.39 is 0 Å². The van der Waals surface area contributed by atoms with Crippen LogP contribution in [-0.4, -0.2) is 10.9 Å². The Morgan fingerprint density at radius 1 is 1.03 bits per heavy atom. The van der Waals surface area contributed by atoms with Gasteiger partial charge in [0, 0.05) is 16.3 Å². The maximum absolute atomic E-state index is 12.6. The van der Waals surface area contributed by atoms with Crippen LogP contribution in [0.3, 0.4) is 0 Å². The molecule has 5 rings (SSSR count). The Morgan fingerprint density at radius 2 is 1.85 bits per heavy atom. The number of halogens is 1. The Balaban J connectivity index is 1.22. The van der Waals surface area contributed by atoms with Gasteiger partial charge in [-0.05, 0) is 91.7 Å². The SMILES string of the molecule is Cc1ccc2nc(-c3ccc(NC(=O)c4ccc(COc5ccc(Cl)cc5C)o4)cc3)sc2c1. The van der Waals surface area contributed by atoms with Crippen LogP contribution in [0.15, 0.2) is 77.2 Å². The van der Waals surface area contributed by atoms with E-state index in [0.717, 1.165) is 32.1 Å². The Kier molecular flexibility index (Phi) is 6.09. The molecular weight excluding hydrogens is 468 g/mol. The lowest BCUT2D eigenvalue weighted by Crippen LogP contribution is -2.10. The van der Waals surface area contributed by atoms with Crippen LogP contribution in [0.25, 0.3) is 20.8 Å². The largest absolute Gasteiger partial charge is 0.485 e. The third kappa shape index (κ3) is 4.83. The molecule has 2 aromatic heterocycles. The highest BCUT2D eigenvalue weighted by Crippen LogP contribution is 2.31. The van der Waals surface area contributed by atoms with E-state index in [2.05, 4.69) is 24.4 Å². The number of fused-ring (bicyclic) bond motifs is 1. The molecule has 2 heterocycles. The summed E-state index contributed by atoms with van der Waals surface area (Å²) in [6.45, 7) is 4.21. The number of thiazole rings is 1. The number of nitrogens with one attached hydrogen (secondary N) is 1. The summed E-state index contributed by atoms with van der Waals surface area (Å²) >= 11 is 7.64. The van der Waals surface area contributed by atoms with Crippen LogP contribution in [0, 0.1) is 13.8 Å². The summed E-state index contributed by atoms with van der Waals surface area (Å²) in [6.07, 6.45) is 0. The van der Waals surface area contributed by atoms with Gasteiger partial charge in [0.25, 0.3) is 5.91 Å². The number of ether oxygens (including phenoxy) is 1. The van der Waals surface area contributed by atoms with Crippen LogP contribution in [0.4, 0.5) is 5.69 Å². The number of furan rings is 1. The minimum absolute atomic E-state index is 0.214. The van der Waals surface area contributed by atoms with Crippen LogP contribution in [0.1, 0.15) is 27.4 Å². The molecule has 0 aliphatic rings. The van der Waals surface area contributed by atoms with E-state index >= 15 is 0 Å². The quantitative estimate of drug-likeness (QED) is 0.266. The fourth-order valence-electron chi connectivity index (χ4n) is 3.55. The summed E-state index contributed by atoms with van der Waals surface area (Å²) in [7, 11) is 0. The van der Waals surface area contributed by atoms with Gasteiger partial charge in [-0.15, -0.1) is 11.3 Å². The van der Waals surface area contributed by atoms with Crippen molar-refractivity contribution in [3.63, 3.8) is 0 Å². The number of aryl methyl sites for hydroxylation is 2. The number of hydrogen-bond acceptors (Lipinski definition) is 5. The fourth-order valence-corrected chi connectivity index (χ4v) is 4.84. The Bertz CT molecular complexity index is 1490. The molecule has 0 aliphatic heterocycles. The lowest BCUT2D eigenvalue weighted by Gasteiger charge is -2.08. The summed E-state index contributed by atoms with van der Waals surface area (Å²) in [5.41, 5.74) is 4.82. The number of aromatic nitrogens is 1. The van der Waals surface area contributed by atoms with Crippen molar-refractivity contribution in [1.82, 2.24) is 4.98 Å². The summed E-state index contributed by atoms with van der Waals surface area (Å²) in [5, 5.41) is 4.47. The van der Waals surface area contributed by atoms with E-state index in [-0.39, 0.29) is 18.3 Å². The van der Waals surface area contributed by atoms with Crippen LogP contribution >= 0.6 is 22.9 Å². The van der Waals surface area contributed by atoms with E-state index in [0.29, 0.717) is 16.5 Å². The van der Waals surface area contributed by atoms with Crippen molar-refractivity contribution in [1.29, 1.82) is 0 Å². The van der Waals surface area contributed by atoms with Gasteiger partial charge in [-0.1, -0.05) is 17.7 Å². The molecule has 0 radical (unpaired) electrons. The van der Waals surface area contributed by atoms with Crippen LogP contribution in [-0.2, 0) is 6.61 Å². The third-order valence-electron chi connectivity index (χ3n) is 5.33. The molecule has 0 aliphatic carbocycles. The number of carbonyl (C=O) groups is 1. The van der Waals surface area contributed by atoms with Crippen LogP contribution in [0.5, 0.6) is 5.75 Å². The zero-order chi connectivity index (χ0) is 23.7. The van der Waals surface area contributed by atoms with E-state index in [4.69, 9.17) is 25.7 Å². The molecule has 0 saturated heterocycles. The highest BCUT2D eigenvalue weighted by atomic mass is 35.5. The normalized spacial score (nSPS) is 11.0. The Morgan fingerprint density at radius 3 is 2.65 bits per heavy atom. The molecule has 5 nitrogen and oxygen atoms in total. The topological polar surface area (TPSA) is 64.4 Å². The summed E-state index contributed by atoms with van der Waals surface area (Å²) in [4.78, 5) is 17.3. The number of hydrogen-bond donors (Lipinski definition) is 1. The predicted molar refractivity (Wildman–Crippen MR) is 137 cm³/mol. The second kappa shape index (κ2) is 9.33. The van der Waals surface area contributed by atoms with Gasteiger partial charge in [0.1, 0.15) is 23.1 Å². The molecule has 3 aromatic carbocycles. The lowest BCUT2D eigenvalue weighted by atomic mass is 10.2. The van der Waals surface area contributed by atoms with E-state index in [1.54, 1.807) is 29.5 Å². The summed E-state index contributed by atoms with van der Waals surface area (Å²) in [6, 6.07) is 22.7. The molecule has 34 heavy (non-hydrogen) atoms. The maximum atomic E-state index is 12.6. The van der Waals surface area contributed by atoms with Gasteiger partial charge in [-0.25, -0.2) is 4.98 Å². The van der Waals surface area contributed by atoms with Gasteiger partial charge in [0.05, 0.1) is 10.2 Å². The first-order valence-electron chi connectivity index (χ1n) is 10.7. The average molecular weight is 489 g/mol. The van der Waals surface area contributed by atoms with E-state index in [1.165, 1.54) is 5.56 Å². The second-order valence-electron chi connectivity index (χ2n) is 7.99. The number of amides is 1. The van der Waals surface area contributed by atoms with Gasteiger partial charge in [-0.2, -0.15) is 0 Å². The number of rotatable bonds is 6. The summed E-state index contributed by atoms with van der Waals surface area (Å²) < 4.78 is 12.6. The van der Waals surface area contributed by atoms with Crippen molar-refractivity contribution in [2.45, 2.75) is 20.5 Å². The molecule has 0 bridgehead atoms. The van der Waals surface area contributed by atoms with Crippen LogP contribution < -0.4 is 10.1 Å². The molecule has 5 aromatic rings. The van der Waals surface area contributed by atoms with Gasteiger partial charge in [0.2, 0.25) is 0 Å². The lowest BCUT2D eigenvalue weighted by molar-refractivity contribution is 0.0992. The number of benzene rings is 3. The molecule has 0 spiro atoms. The average Bonchev–Trinajstić information content (AvgIpc) is 3.46. The first-order valence-corrected chi connectivity index (χ1v) is 11.9. The summed E-state index contributed by atoms with van der Waals surface area (Å²) in [5.74, 6) is 1.17. The zero-order valence-corrected chi connectivity index (χ0v) is 20.2. The molecule has 170 valence electrons. The van der Waals surface area contributed by atoms with Crippen LogP contribution in [0.2, 0.25) is 5.02 Å². The third-order valence-corrected chi connectivity index (χ3v) is 6.63. The first-order chi connectivity index (χ1) is 16.4. The van der Waals surface area contributed by atoms with Gasteiger partial charge < -0.3 is 14.5 Å². The predicted octanol–water partition coefficient (Wildman–Crippen LogP) is 7.66. The zero-order valence-electron chi connectivity index (χ0n) is 18.6. The van der Waals surface area contributed by atoms with Crippen molar-refractivity contribution in [3.05, 3.63) is 100 Å². The monoisotopic (exact) mass is 488 g/mol. The Hall–Kier alpha value is -3.61. The standard InChI is InChI=1S/C27H21ClN2O3S/c1-16-3-10-22-25(13-16)34-27(30-22)18-4-7-20(8-5-18)29-26(31)24-12-9-21(33-24)15-32-23-11-6-19(28)14-17(23)2/h3-14H,15H2,1-2H3,(H,29,31). The number of anilines is 1. The molecule has 0 unspecified atom stereocenters. The highest BCUT2D eigenvalue weighted by Gasteiger charge is 2.13. The van der Waals surface area contributed by atoms with Crippen molar-refractivity contribution >= 4 is 44.7 Å². The van der Waals surface area contributed by atoms with E-state index in [1.807, 2.05) is 49.4 Å². The second-order valence-corrected chi connectivity index (χ2v) is 9.45. The van der Waals surface area contributed by atoms with Gasteiger partial charge in [0.15, 0.2) is 5.76 Å². The van der Waals surface area contributed by atoms with Crippen molar-refractivity contribution in [3.8, 4) is 16.3 Å². The number of nitrogens with zero attached hydrogens (tertiary/aromatic N) is 1. The van der Waals surface area contributed by atoms with Crippen molar-refractivity contribution in [2.24, 2.45) is 0 Å².